The Labute approximate surface area is 173 Å². The van der Waals surface area contributed by atoms with E-state index in [0.29, 0.717) is 16.8 Å². The molecule has 2 N–H and O–H groups in total. The molecular weight excluding hydrogens is 382 g/mol. The fraction of sp³-hybridized carbons (Fsp3) is 0.130. The van der Waals surface area contributed by atoms with E-state index < -0.39 is 4.92 Å². The van der Waals surface area contributed by atoms with E-state index in [9.17, 15) is 19.7 Å². The van der Waals surface area contributed by atoms with E-state index in [1.807, 2.05) is 19.1 Å². The molecule has 3 aromatic carbocycles. The van der Waals surface area contributed by atoms with E-state index in [0.717, 1.165) is 5.56 Å². The minimum atomic E-state index is -0.495. The minimum absolute atomic E-state index is 0.0778. The first-order valence-electron chi connectivity index (χ1n) is 9.42. The summed E-state index contributed by atoms with van der Waals surface area (Å²) in [6.07, 6.45) is -0.0913. The molecular formula is C23H21N3O4. The molecule has 2 amide bonds. The molecule has 0 aliphatic heterocycles. The van der Waals surface area contributed by atoms with E-state index in [1.54, 1.807) is 60.7 Å². The lowest BCUT2D eigenvalue weighted by atomic mass is 10.1. The Balaban J connectivity index is 1.65. The smallest absolute Gasteiger partial charge is 0.273 e. The van der Waals surface area contributed by atoms with Crippen molar-refractivity contribution in [2.75, 3.05) is 5.32 Å². The van der Waals surface area contributed by atoms with Crippen LogP contribution in [0.4, 0.5) is 11.4 Å². The predicted molar refractivity (Wildman–Crippen MR) is 114 cm³/mol. The zero-order valence-corrected chi connectivity index (χ0v) is 16.4. The maximum atomic E-state index is 12.4. The largest absolute Gasteiger partial charge is 0.349 e. The van der Waals surface area contributed by atoms with Crippen molar-refractivity contribution in [2.45, 2.75) is 19.4 Å². The minimum Gasteiger partial charge on any atom is -0.349 e. The molecule has 3 rings (SSSR count). The second kappa shape index (κ2) is 9.47. The molecule has 3 aromatic rings. The SMILES string of the molecule is C[C@H](NC(=O)Cc1ccccc1[N+](=O)[O-])c1cccc(NC(=O)c2ccccc2)c1. The summed E-state index contributed by atoms with van der Waals surface area (Å²) in [4.78, 5) is 35.4. The van der Waals surface area contributed by atoms with E-state index in [-0.39, 0.29) is 30.0 Å². The van der Waals surface area contributed by atoms with Gasteiger partial charge in [-0.1, -0.05) is 48.5 Å². The average molecular weight is 403 g/mol. The number of amides is 2. The lowest BCUT2D eigenvalue weighted by molar-refractivity contribution is -0.385. The molecule has 0 aliphatic rings. The molecule has 0 aliphatic carbocycles. The van der Waals surface area contributed by atoms with E-state index >= 15 is 0 Å². The average Bonchev–Trinajstić information content (AvgIpc) is 2.74. The summed E-state index contributed by atoms with van der Waals surface area (Å²) in [5, 5.41) is 16.8. The maximum Gasteiger partial charge on any atom is 0.273 e. The molecule has 7 nitrogen and oxygen atoms in total. The van der Waals surface area contributed by atoms with Crippen molar-refractivity contribution in [1.82, 2.24) is 5.32 Å². The lowest BCUT2D eigenvalue weighted by Gasteiger charge is -2.16. The van der Waals surface area contributed by atoms with Gasteiger partial charge < -0.3 is 10.6 Å². The first-order chi connectivity index (χ1) is 14.4. The van der Waals surface area contributed by atoms with Crippen molar-refractivity contribution in [3.63, 3.8) is 0 Å². The second-order valence-electron chi connectivity index (χ2n) is 6.80. The first kappa shape index (κ1) is 20.7. The number of benzene rings is 3. The van der Waals surface area contributed by atoms with Gasteiger partial charge in [0, 0.05) is 22.9 Å². The summed E-state index contributed by atoms with van der Waals surface area (Å²) in [6, 6.07) is 21.9. The maximum absolute atomic E-state index is 12.4. The van der Waals surface area contributed by atoms with Gasteiger partial charge in [-0.15, -0.1) is 0 Å². The molecule has 7 heteroatoms. The van der Waals surface area contributed by atoms with Gasteiger partial charge in [0.1, 0.15) is 0 Å². The third-order valence-electron chi connectivity index (χ3n) is 4.60. The predicted octanol–water partition coefficient (Wildman–Crippen LogP) is 4.27. The monoisotopic (exact) mass is 403 g/mol. The fourth-order valence-corrected chi connectivity index (χ4v) is 3.07. The van der Waals surface area contributed by atoms with Crippen LogP contribution in [0, 0.1) is 10.1 Å². The van der Waals surface area contributed by atoms with Gasteiger partial charge in [0.2, 0.25) is 5.91 Å². The van der Waals surface area contributed by atoms with Crippen molar-refractivity contribution in [3.8, 4) is 0 Å². The molecule has 0 aromatic heterocycles. The van der Waals surface area contributed by atoms with Crippen LogP contribution in [0.1, 0.15) is 34.5 Å². The zero-order valence-electron chi connectivity index (χ0n) is 16.4. The van der Waals surface area contributed by atoms with E-state index in [4.69, 9.17) is 0 Å². The van der Waals surface area contributed by atoms with E-state index in [2.05, 4.69) is 10.6 Å². The zero-order chi connectivity index (χ0) is 21.5. The van der Waals surface area contributed by atoms with Crippen LogP contribution >= 0.6 is 0 Å². The molecule has 1 atom stereocenters. The number of rotatable bonds is 7. The van der Waals surface area contributed by atoms with Crippen LogP contribution in [-0.2, 0) is 11.2 Å². The summed E-state index contributed by atoms with van der Waals surface area (Å²) >= 11 is 0. The Bertz CT molecular complexity index is 1070. The van der Waals surface area contributed by atoms with Gasteiger partial charge in [-0.25, -0.2) is 0 Å². The topological polar surface area (TPSA) is 101 Å². The van der Waals surface area contributed by atoms with Crippen LogP contribution in [0.15, 0.2) is 78.9 Å². The highest BCUT2D eigenvalue weighted by molar-refractivity contribution is 6.04. The second-order valence-corrected chi connectivity index (χ2v) is 6.80. The van der Waals surface area contributed by atoms with Crippen molar-refractivity contribution in [1.29, 1.82) is 0 Å². The molecule has 0 bridgehead atoms. The van der Waals surface area contributed by atoms with Gasteiger partial charge in [0.15, 0.2) is 0 Å². The Kier molecular flexibility index (Phi) is 6.54. The van der Waals surface area contributed by atoms with Gasteiger partial charge in [0.05, 0.1) is 17.4 Å². The number of carbonyl (C=O) groups excluding carboxylic acids is 2. The molecule has 0 saturated heterocycles. The van der Waals surface area contributed by atoms with Crippen LogP contribution in [0.2, 0.25) is 0 Å². The number of anilines is 1. The van der Waals surface area contributed by atoms with Crippen molar-refractivity contribution >= 4 is 23.2 Å². The van der Waals surface area contributed by atoms with Crippen LogP contribution in [0.3, 0.4) is 0 Å². The van der Waals surface area contributed by atoms with Crippen LogP contribution in [0.5, 0.6) is 0 Å². The van der Waals surface area contributed by atoms with Crippen molar-refractivity contribution in [2.24, 2.45) is 0 Å². The Morgan fingerprint density at radius 1 is 0.967 bits per heavy atom. The normalized spacial score (nSPS) is 11.4. The van der Waals surface area contributed by atoms with Crippen LogP contribution in [-0.4, -0.2) is 16.7 Å². The summed E-state index contributed by atoms with van der Waals surface area (Å²) in [5.74, 6) is -0.545. The molecule has 0 unspecified atom stereocenters. The lowest BCUT2D eigenvalue weighted by Crippen LogP contribution is -2.28. The first-order valence-corrected chi connectivity index (χ1v) is 9.42. The number of carbonyl (C=O) groups is 2. The van der Waals surface area contributed by atoms with E-state index in [1.165, 1.54) is 6.07 Å². The summed E-state index contributed by atoms with van der Waals surface area (Å²) in [7, 11) is 0. The highest BCUT2D eigenvalue weighted by atomic mass is 16.6. The van der Waals surface area contributed by atoms with Gasteiger partial charge in [-0.2, -0.15) is 0 Å². The number of nitrogens with one attached hydrogen (secondary N) is 2. The van der Waals surface area contributed by atoms with Gasteiger partial charge in [-0.3, -0.25) is 19.7 Å². The van der Waals surface area contributed by atoms with Crippen LogP contribution < -0.4 is 10.6 Å². The molecule has 0 saturated carbocycles. The number of nitro groups is 1. The molecule has 30 heavy (non-hydrogen) atoms. The van der Waals surface area contributed by atoms with Crippen LogP contribution in [0.25, 0.3) is 0 Å². The number of hydrogen-bond acceptors (Lipinski definition) is 4. The molecule has 0 fully saturated rings. The molecule has 0 radical (unpaired) electrons. The summed E-state index contributed by atoms with van der Waals surface area (Å²) in [5.41, 5.74) is 2.24. The fourth-order valence-electron chi connectivity index (χ4n) is 3.07. The third-order valence-corrected chi connectivity index (χ3v) is 4.60. The Hall–Kier alpha value is -4.00. The molecule has 0 spiro atoms. The van der Waals surface area contributed by atoms with Gasteiger partial charge in [-0.05, 0) is 36.8 Å². The van der Waals surface area contributed by atoms with Crippen molar-refractivity contribution in [3.05, 3.63) is 106 Å². The quantitative estimate of drug-likeness (QED) is 0.454. The molecule has 0 heterocycles. The molecule has 152 valence electrons. The highest BCUT2D eigenvalue weighted by Crippen LogP contribution is 2.20. The third kappa shape index (κ3) is 5.29. The number of nitro benzene ring substituents is 1. The summed E-state index contributed by atoms with van der Waals surface area (Å²) in [6.45, 7) is 1.81. The van der Waals surface area contributed by atoms with Gasteiger partial charge in [0.25, 0.3) is 11.6 Å². The van der Waals surface area contributed by atoms with Gasteiger partial charge >= 0.3 is 0 Å². The summed E-state index contributed by atoms with van der Waals surface area (Å²) < 4.78 is 0. The number of para-hydroxylation sites is 1. The standard InChI is InChI=1S/C23H21N3O4/c1-16(24-22(27)15-19-10-5-6-13-21(19)26(29)30)18-11-7-12-20(14-18)25-23(28)17-8-3-2-4-9-17/h2-14,16H,15H2,1H3,(H,24,27)(H,25,28)/t16-/m0/s1. The number of hydrogen-bond donors (Lipinski definition) is 2. The Morgan fingerprint density at radius 3 is 2.40 bits per heavy atom. The highest BCUT2D eigenvalue weighted by Gasteiger charge is 2.17. The Morgan fingerprint density at radius 2 is 1.67 bits per heavy atom. The van der Waals surface area contributed by atoms with Crippen molar-refractivity contribution < 1.29 is 14.5 Å². The number of nitrogens with zero attached hydrogens (tertiary/aromatic N) is 1.